The lowest BCUT2D eigenvalue weighted by Gasteiger charge is -2.30. The summed E-state index contributed by atoms with van der Waals surface area (Å²) in [5.74, 6) is -0.179. The smallest absolute Gasteiger partial charge is 0.268 e. The third-order valence-electron chi connectivity index (χ3n) is 9.27. The molecule has 0 aromatic carbocycles. The Morgan fingerprint density at radius 3 is 1.65 bits per heavy atom. The van der Waals surface area contributed by atoms with Crippen molar-refractivity contribution in [3.8, 4) is 0 Å². The van der Waals surface area contributed by atoms with E-state index in [2.05, 4.69) is 79.9 Å². The van der Waals surface area contributed by atoms with Gasteiger partial charge in [0.15, 0.2) is 0 Å². The molecule has 3 atom stereocenters. The summed E-state index contributed by atoms with van der Waals surface area (Å²) in [5, 5.41) is 13.8. The minimum atomic E-state index is -4.56. The van der Waals surface area contributed by atoms with Crippen LogP contribution in [-0.4, -0.2) is 68.5 Å². The van der Waals surface area contributed by atoms with Crippen LogP contribution in [0.5, 0.6) is 0 Å². The predicted molar refractivity (Wildman–Crippen MR) is 228 cm³/mol. The molecule has 0 saturated carbocycles. The molecule has 0 rings (SSSR count). The van der Waals surface area contributed by atoms with E-state index >= 15 is 0 Å². The Labute approximate surface area is 332 Å². The van der Waals surface area contributed by atoms with Gasteiger partial charge in [0.2, 0.25) is 5.91 Å². The minimum Gasteiger partial charge on any atom is -0.756 e. The van der Waals surface area contributed by atoms with Crippen molar-refractivity contribution < 1.29 is 32.9 Å². The summed E-state index contributed by atoms with van der Waals surface area (Å²) >= 11 is 0. The second kappa shape index (κ2) is 36.8. The molecular weight excluding hydrogens is 695 g/mol. The van der Waals surface area contributed by atoms with E-state index in [-0.39, 0.29) is 19.1 Å². The highest BCUT2D eigenvalue weighted by Gasteiger charge is 2.24. The van der Waals surface area contributed by atoms with Crippen molar-refractivity contribution in [3.05, 3.63) is 60.8 Å². The first-order chi connectivity index (χ1) is 26.0. The predicted octanol–water partition coefficient (Wildman–Crippen LogP) is 11.2. The number of aliphatic hydroxyl groups is 1. The number of allylic oxidation sites excluding steroid dienone is 10. The van der Waals surface area contributed by atoms with Crippen LogP contribution in [0.15, 0.2) is 60.8 Å². The zero-order valence-corrected chi connectivity index (χ0v) is 36.3. The molecule has 0 radical (unpaired) electrons. The maximum atomic E-state index is 12.8. The number of likely N-dealkylation sites (N-methyl/N-ethyl adjacent to an activating group) is 1. The molecule has 3 unspecified atom stereocenters. The lowest BCUT2D eigenvalue weighted by molar-refractivity contribution is -0.870. The van der Waals surface area contributed by atoms with E-state index in [1.807, 2.05) is 21.1 Å². The van der Waals surface area contributed by atoms with Gasteiger partial charge in [0.05, 0.1) is 39.9 Å². The van der Waals surface area contributed by atoms with Gasteiger partial charge in [0.1, 0.15) is 13.2 Å². The Hall–Kier alpha value is -1.80. The highest BCUT2D eigenvalue weighted by Crippen LogP contribution is 2.38. The van der Waals surface area contributed by atoms with Crippen LogP contribution in [0.1, 0.15) is 168 Å². The fourth-order valence-corrected chi connectivity index (χ4v) is 6.55. The summed E-state index contributed by atoms with van der Waals surface area (Å²) in [6.45, 7) is 4.53. The number of unbranched alkanes of at least 4 members (excludes halogenated alkanes) is 15. The second-order valence-electron chi connectivity index (χ2n) is 15.7. The van der Waals surface area contributed by atoms with Crippen molar-refractivity contribution >= 4 is 13.7 Å². The molecule has 0 heterocycles. The van der Waals surface area contributed by atoms with Crippen molar-refractivity contribution in [2.45, 2.75) is 180 Å². The van der Waals surface area contributed by atoms with Gasteiger partial charge in [-0.05, 0) is 57.8 Å². The number of phosphoric ester groups is 1. The van der Waals surface area contributed by atoms with Crippen molar-refractivity contribution in [2.75, 3.05) is 40.9 Å². The van der Waals surface area contributed by atoms with Crippen molar-refractivity contribution in [1.29, 1.82) is 0 Å². The van der Waals surface area contributed by atoms with Gasteiger partial charge in [0, 0.05) is 6.42 Å². The van der Waals surface area contributed by atoms with Gasteiger partial charge in [-0.3, -0.25) is 9.36 Å². The van der Waals surface area contributed by atoms with Crippen LogP contribution in [0.2, 0.25) is 0 Å². The zero-order valence-electron chi connectivity index (χ0n) is 35.4. The van der Waals surface area contributed by atoms with E-state index in [0.717, 1.165) is 77.0 Å². The van der Waals surface area contributed by atoms with E-state index in [1.165, 1.54) is 64.2 Å². The van der Waals surface area contributed by atoms with Gasteiger partial charge < -0.3 is 28.8 Å². The number of hydrogen-bond donors (Lipinski definition) is 2. The highest BCUT2D eigenvalue weighted by molar-refractivity contribution is 7.45. The number of quaternary nitrogens is 1. The molecule has 0 spiro atoms. The number of hydrogen-bond acceptors (Lipinski definition) is 6. The molecule has 0 bridgehead atoms. The van der Waals surface area contributed by atoms with E-state index < -0.39 is 20.0 Å². The molecule has 0 aromatic heterocycles. The van der Waals surface area contributed by atoms with Gasteiger partial charge in [0.25, 0.3) is 7.82 Å². The minimum absolute atomic E-state index is 0.00763. The Kier molecular flexibility index (Phi) is 35.6. The summed E-state index contributed by atoms with van der Waals surface area (Å²) in [6.07, 6.45) is 46.7. The number of rotatable bonds is 38. The lowest BCUT2D eigenvalue weighted by Crippen LogP contribution is -2.46. The molecule has 0 aromatic rings. The maximum Gasteiger partial charge on any atom is 0.268 e. The maximum absolute atomic E-state index is 12.8. The largest absolute Gasteiger partial charge is 0.756 e. The molecule has 2 N–H and O–H groups in total. The van der Waals surface area contributed by atoms with Crippen LogP contribution in [0.25, 0.3) is 0 Å². The SMILES string of the molecule is CC/C=C\C/C=C\C/C=C\C/C=C\C/C=C\CCCCCCCCCCCC(=O)NC(COP(=O)([O-])OCC[N+](C)(C)C)C(O)CCCCCCCCC. The Morgan fingerprint density at radius 1 is 0.667 bits per heavy atom. The number of carbonyl (C=O) groups excluding carboxylic acids is 1. The second-order valence-corrected chi connectivity index (χ2v) is 17.1. The Morgan fingerprint density at radius 2 is 1.13 bits per heavy atom. The first-order valence-corrected chi connectivity index (χ1v) is 23.1. The number of phosphoric acid groups is 1. The first-order valence-electron chi connectivity index (χ1n) is 21.6. The van der Waals surface area contributed by atoms with Crippen LogP contribution < -0.4 is 10.2 Å². The van der Waals surface area contributed by atoms with E-state index in [9.17, 15) is 19.4 Å². The molecule has 8 nitrogen and oxygen atoms in total. The monoisotopic (exact) mass is 779 g/mol. The van der Waals surface area contributed by atoms with Crippen LogP contribution in [0.3, 0.4) is 0 Å². The highest BCUT2D eigenvalue weighted by atomic mass is 31.2. The molecule has 9 heteroatoms. The van der Waals surface area contributed by atoms with Crippen LogP contribution in [0.4, 0.5) is 0 Å². The fraction of sp³-hybridized carbons (Fsp3) is 0.756. The quantitative estimate of drug-likeness (QED) is 0.0280. The van der Waals surface area contributed by atoms with Crippen LogP contribution in [0, 0.1) is 0 Å². The average molecular weight is 779 g/mol. The molecule has 1 amide bonds. The molecule has 0 aliphatic rings. The number of aliphatic hydroxyl groups excluding tert-OH is 1. The number of carbonyl (C=O) groups is 1. The van der Waals surface area contributed by atoms with E-state index in [4.69, 9.17) is 9.05 Å². The van der Waals surface area contributed by atoms with E-state index in [0.29, 0.717) is 23.9 Å². The number of nitrogens with one attached hydrogen (secondary N) is 1. The molecular formula is C45H83N2O6P. The molecule has 54 heavy (non-hydrogen) atoms. The van der Waals surface area contributed by atoms with Gasteiger partial charge in [-0.15, -0.1) is 0 Å². The van der Waals surface area contributed by atoms with Crippen LogP contribution >= 0.6 is 7.82 Å². The molecule has 0 aliphatic heterocycles. The zero-order chi connectivity index (χ0) is 40.0. The van der Waals surface area contributed by atoms with E-state index in [1.54, 1.807) is 0 Å². The standard InChI is InChI=1S/C45H83N2O6P/c1-6-8-10-12-14-15-16-17-18-19-20-21-22-23-24-25-26-27-28-29-30-31-33-35-37-39-45(49)46-43(44(48)38-36-34-32-13-11-9-7-2)42-53-54(50,51)52-41-40-47(3,4)5/h8,10,14-15,17-18,20-21,23-24,43-44,48H,6-7,9,11-13,16,19,22,25-42H2,1-5H3,(H-,46,49,50,51)/b10-8-,15-14-,18-17-,21-20-,24-23-. The van der Waals surface area contributed by atoms with Crippen LogP contribution in [-0.2, 0) is 18.4 Å². The van der Waals surface area contributed by atoms with Crippen molar-refractivity contribution in [1.82, 2.24) is 5.32 Å². The summed E-state index contributed by atoms with van der Waals surface area (Å²) in [6, 6.07) is -0.803. The molecule has 0 aliphatic carbocycles. The fourth-order valence-electron chi connectivity index (χ4n) is 5.83. The molecule has 0 fully saturated rings. The number of amides is 1. The number of nitrogens with zero attached hydrogens (tertiary/aromatic N) is 1. The first kappa shape index (κ1) is 52.2. The third-order valence-corrected chi connectivity index (χ3v) is 10.2. The van der Waals surface area contributed by atoms with Gasteiger partial charge in [-0.25, -0.2) is 0 Å². The lowest BCUT2D eigenvalue weighted by atomic mass is 10.0. The molecule has 314 valence electrons. The Bertz CT molecular complexity index is 1060. The Balaban J connectivity index is 4.16. The summed E-state index contributed by atoms with van der Waals surface area (Å²) < 4.78 is 23.1. The topological polar surface area (TPSA) is 108 Å². The van der Waals surface area contributed by atoms with Crippen molar-refractivity contribution in [2.24, 2.45) is 0 Å². The summed E-state index contributed by atoms with van der Waals surface area (Å²) in [5.41, 5.74) is 0. The average Bonchev–Trinajstić information content (AvgIpc) is 3.12. The van der Waals surface area contributed by atoms with Gasteiger partial charge in [-0.2, -0.15) is 0 Å². The summed E-state index contributed by atoms with van der Waals surface area (Å²) in [4.78, 5) is 25.2. The third kappa shape index (κ3) is 38.5. The van der Waals surface area contributed by atoms with Gasteiger partial charge >= 0.3 is 0 Å². The van der Waals surface area contributed by atoms with Crippen molar-refractivity contribution in [3.63, 3.8) is 0 Å². The van der Waals surface area contributed by atoms with Gasteiger partial charge in [-0.1, -0.05) is 164 Å². The summed E-state index contributed by atoms with van der Waals surface area (Å²) in [7, 11) is 1.29. The normalized spacial score (nSPS) is 15.0. The molecule has 0 saturated heterocycles.